The van der Waals surface area contributed by atoms with E-state index in [1.807, 2.05) is 0 Å². The minimum absolute atomic E-state index is 0.406. The molecule has 0 aromatic carbocycles. The zero-order valence-corrected chi connectivity index (χ0v) is 6.50. The van der Waals surface area contributed by atoms with Gasteiger partial charge in [0.1, 0.15) is 5.78 Å². The van der Waals surface area contributed by atoms with Gasteiger partial charge in [-0.25, -0.2) is 0 Å². The molecule has 0 amide bonds. The molecule has 1 saturated heterocycles. The van der Waals surface area contributed by atoms with Gasteiger partial charge < -0.3 is 4.90 Å². The zero-order valence-electron chi connectivity index (χ0n) is 6.50. The summed E-state index contributed by atoms with van der Waals surface area (Å²) in [5.74, 6) is 2.30. The monoisotopic (exact) mass is 139 g/mol. The first-order chi connectivity index (χ1) is 4.70. The minimum Gasteiger partial charge on any atom is -0.306 e. The maximum absolute atomic E-state index is 10.9. The van der Waals surface area contributed by atoms with E-state index in [4.69, 9.17) is 0 Å². The fourth-order valence-corrected chi connectivity index (χ4v) is 2.34. The summed E-state index contributed by atoms with van der Waals surface area (Å²) in [6.45, 7) is 4.02. The molecule has 3 atom stereocenters. The molecule has 1 aliphatic heterocycles. The number of hydrogen-bond donors (Lipinski definition) is 0. The van der Waals surface area contributed by atoms with Gasteiger partial charge in [-0.05, 0) is 25.8 Å². The molecule has 1 aliphatic carbocycles. The lowest BCUT2D eigenvalue weighted by Gasteiger charge is -2.10. The van der Waals surface area contributed by atoms with Crippen molar-refractivity contribution in [1.29, 1.82) is 0 Å². The van der Waals surface area contributed by atoms with Gasteiger partial charge in [0.05, 0.1) is 0 Å². The van der Waals surface area contributed by atoms with Crippen LogP contribution in [-0.4, -0.2) is 30.8 Å². The van der Waals surface area contributed by atoms with Crippen LogP contribution in [0, 0.1) is 17.8 Å². The van der Waals surface area contributed by atoms with Crippen LogP contribution in [0.3, 0.4) is 0 Å². The Bertz CT molecular complexity index is 166. The highest BCUT2D eigenvalue weighted by molar-refractivity contribution is 5.82. The van der Waals surface area contributed by atoms with Gasteiger partial charge in [0, 0.05) is 19.0 Å². The van der Waals surface area contributed by atoms with Gasteiger partial charge in [-0.15, -0.1) is 0 Å². The normalized spacial score (nSPS) is 45.2. The fraction of sp³-hybridized carbons (Fsp3) is 0.875. The molecular weight excluding hydrogens is 126 g/mol. The number of rotatable bonds is 1. The molecular formula is C8H13NO. The largest absolute Gasteiger partial charge is 0.306 e. The number of carbonyl (C=O) groups excluding carboxylic acids is 1. The lowest BCUT2D eigenvalue weighted by molar-refractivity contribution is -0.119. The first kappa shape index (κ1) is 6.35. The third kappa shape index (κ3) is 0.717. The highest BCUT2D eigenvalue weighted by Crippen LogP contribution is 2.51. The SMILES string of the molecule is CC(=O)C1[C@H]2CN(C)C[C@@H]12. The van der Waals surface area contributed by atoms with Crippen LogP contribution < -0.4 is 0 Å². The van der Waals surface area contributed by atoms with Crippen LogP contribution in [0.5, 0.6) is 0 Å². The topological polar surface area (TPSA) is 20.3 Å². The van der Waals surface area contributed by atoms with E-state index in [-0.39, 0.29) is 0 Å². The van der Waals surface area contributed by atoms with E-state index in [0.717, 1.165) is 24.9 Å². The smallest absolute Gasteiger partial charge is 0.133 e. The molecule has 0 N–H and O–H groups in total. The van der Waals surface area contributed by atoms with Crippen LogP contribution in [-0.2, 0) is 4.79 Å². The highest BCUT2D eigenvalue weighted by atomic mass is 16.1. The number of nitrogens with zero attached hydrogens (tertiary/aromatic N) is 1. The third-order valence-corrected chi connectivity index (χ3v) is 2.85. The van der Waals surface area contributed by atoms with Crippen molar-refractivity contribution in [2.45, 2.75) is 6.92 Å². The molecule has 0 spiro atoms. The number of fused-ring (bicyclic) bond motifs is 1. The summed E-state index contributed by atoms with van der Waals surface area (Å²) < 4.78 is 0. The van der Waals surface area contributed by atoms with Gasteiger partial charge in [-0.2, -0.15) is 0 Å². The Morgan fingerprint density at radius 1 is 1.40 bits per heavy atom. The molecule has 2 heteroatoms. The van der Waals surface area contributed by atoms with Crippen LogP contribution in [0.15, 0.2) is 0 Å². The first-order valence-electron chi connectivity index (χ1n) is 3.89. The van der Waals surface area contributed by atoms with E-state index in [1.54, 1.807) is 6.92 Å². The lowest BCUT2D eigenvalue weighted by Crippen LogP contribution is -2.20. The summed E-state index contributed by atoms with van der Waals surface area (Å²) in [6, 6.07) is 0. The Morgan fingerprint density at radius 3 is 2.30 bits per heavy atom. The number of likely N-dealkylation sites (tertiary alicyclic amines) is 1. The Morgan fingerprint density at radius 2 is 1.90 bits per heavy atom. The van der Waals surface area contributed by atoms with Gasteiger partial charge in [-0.3, -0.25) is 4.79 Å². The van der Waals surface area contributed by atoms with Crippen LogP contribution >= 0.6 is 0 Å². The van der Waals surface area contributed by atoms with E-state index in [2.05, 4.69) is 11.9 Å². The summed E-state index contributed by atoms with van der Waals surface area (Å²) in [6.07, 6.45) is 0. The molecule has 0 aromatic heterocycles. The van der Waals surface area contributed by atoms with E-state index < -0.39 is 0 Å². The summed E-state index contributed by atoms with van der Waals surface area (Å²) in [7, 11) is 2.13. The molecule has 1 saturated carbocycles. The molecule has 0 bridgehead atoms. The van der Waals surface area contributed by atoms with Crippen LogP contribution in [0.4, 0.5) is 0 Å². The van der Waals surface area contributed by atoms with Crippen molar-refractivity contribution < 1.29 is 4.79 Å². The second-order valence-corrected chi connectivity index (χ2v) is 3.69. The van der Waals surface area contributed by atoms with Crippen molar-refractivity contribution in [3.05, 3.63) is 0 Å². The molecule has 2 aliphatic rings. The van der Waals surface area contributed by atoms with Crippen molar-refractivity contribution >= 4 is 5.78 Å². The van der Waals surface area contributed by atoms with Crippen molar-refractivity contribution in [3.63, 3.8) is 0 Å². The Hall–Kier alpha value is -0.370. The molecule has 2 nitrogen and oxygen atoms in total. The second kappa shape index (κ2) is 1.82. The van der Waals surface area contributed by atoms with E-state index in [0.29, 0.717) is 11.7 Å². The molecule has 56 valence electrons. The Balaban J connectivity index is 1.98. The van der Waals surface area contributed by atoms with E-state index in [9.17, 15) is 4.79 Å². The number of carbonyl (C=O) groups is 1. The van der Waals surface area contributed by atoms with E-state index >= 15 is 0 Å². The highest BCUT2D eigenvalue weighted by Gasteiger charge is 2.56. The first-order valence-corrected chi connectivity index (χ1v) is 3.89. The number of hydrogen-bond acceptors (Lipinski definition) is 2. The average molecular weight is 139 g/mol. The summed E-state index contributed by atoms with van der Waals surface area (Å²) >= 11 is 0. The van der Waals surface area contributed by atoms with Gasteiger partial charge in [0.15, 0.2) is 0 Å². The molecule has 10 heavy (non-hydrogen) atoms. The molecule has 2 rings (SSSR count). The van der Waals surface area contributed by atoms with Crippen LogP contribution in [0.2, 0.25) is 0 Å². The molecule has 0 aromatic rings. The summed E-state index contributed by atoms with van der Waals surface area (Å²) in [5.41, 5.74) is 0. The third-order valence-electron chi connectivity index (χ3n) is 2.85. The second-order valence-electron chi connectivity index (χ2n) is 3.69. The average Bonchev–Trinajstić information content (AvgIpc) is 2.32. The number of ketones is 1. The fourth-order valence-electron chi connectivity index (χ4n) is 2.34. The Kier molecular flexibility index (Phi) is 1.15. The number of Topliss-reactive ketones (excluding diaryl/α,β-unsaturated/α-hetero) is 1. The molecule has 1 unspecified atom stereocenters. The Labute approximate surface area is 61.2 Å². The van der Waals surface area contributed by atoms with Crippen molar-refractivity contribution in [2.24, 2.45) is 17.8 Å². The van der Waals surface area contributed by atoms with Gasteiger partial charge in [-0.1, -0.05) is 0 Å². The van der Waals surface area contributed by atoms with Crippen molar-refractivity contribution in [3.8, 4) is 0 Å². The standard InChI is InChI=1S/C8H13NO/c1-5(10)8-6-3-9(2)4-7(6)8/h6-8H,3-4H2,1-2H3/t6-,7+,8?. The van der Waals surface area contributed by atoms with Crippen LogP contribution in [0.25, 0.3) is 0 Å². The predicted octanol–water partition coefficient (Wildman–Crippen LogP) is 0.383. The van der Waals surface area contributed by atoms with Gasteiger partial charge in [0.25, 0.3) is 0 Å². The quantitative estimate of drug-likeness (QED) is 0.523. The van der Waals surface area contributed by atoms with Gasteiger partial charge in [0.2, 0.25) is 0 Å². The summed E-state index contributed by atoms with van der Waals surface area (Å²) in [5, 5.41) is 0. The van der Waals surface area contributed by atoms with Crippen molar-refractivity contribution in [2.75, 3.05) is 20.1 Å². The van der Waals surface area contributed by atoms with E-state index in [1.165, 1.54) is 0 Å². The molecule has 2 fully saturated rings. The molecule has 1 heterocycles. The zero-order chi connectivity index (χ0) is 7.30. The summed E-state index contributed by atoms with van der Waals surface area (Å²) in [4.78, 5) is 13.2. The van der Waals surface area contributed by atoms with Crippen LogP contribution in [0.1, 0.15) is 6.92 Å². The van der Waals surface area contributed by atoms with Gasteiger partial charge >= 0.3 is 0 Å². The lowest BCUT2D eigenvalue weighted by atomic mass is 10.2. The minimum atomic E-state index is 0.406. The number of piperidine rings is 1. The maximum atomic E-state index is 10.9. The maximum Gasteiger partial charge on any atom is 0.133 e. The predicted molar refractivity (Wildman–Crippen MR) is 38.6 cm³/mol. The molecule has 0 radical (unpaired) electrons. The van der Waals surface area contributed by atoms with Crippen molar-refractivity contribution in [1.82, 2.24) is 4.90 Å².